The van der Waals surface area contributed by atoms with Gasteiger partial charge in [-0.1, -0.05) is 11.6 Å². The number of nitrogens with zero attached hydrogens (tertiary/aromatic N) is 2. The molecule has 1 aromatic carbocycles. The van der Waals surface area contributed by atoms with Gasteiger partial charge in [0.15, 0.2) is 5.54 Å². The van der Waals surface area contributed by atoms with Gasteiger partial charge in [-0.05, 0) is 25.1 Å². The molecule has 1 amide bonds. The molecule has 1 aromatic rings. The van der Waals surface area contributed by atoms with Crippen LogP contribution in [0.4, 0.5) is 10.5 Å². The maximum atomic E-state index is 11.7. The highest BCUT2D eigenvalue weighted by Gasteiger charge is 2.50. The first-order valence-corrected chi connectivity index (χ1v) is 5.68. The molecule has 1 saturated heterocycles. The fourth-order valence-corrected chi connectivity index (χ4v) is 2.03. The Kier molecular flexibility index (Phi) is 3.08. The molecule has 0 radical (unpaired) electrons. The minimum atomic E-state index is -1.49. The van der Waals surface area contributed by atoms with Gasteiger partial charge < -0.3 is 9.84 Å². The fraction of sp³-hybridized carbons (Fsp3) is 0.250. The maximum absolute atomic E-state index is 11.7. The number of ether oxygens (including phenoxy) is 1. The SMILES string of the molecule is C[C@]1(C(=O)O)COC(=O)N1c1ccc(C#N)c(Cl)c1. The van der Waals surface area contributed by atoms with Gasteiger partial charge in [-0.3, -0.25) is 4.90 Å². The van der Waals surface area contributed by atoms with E-state index in [1.54, 1.807) is 0 Å². The largest absolute Gasteiger partial charge is 0.479 e. The van der Waals surface area contributed by atoms with E-state index in [1.807, 2.05) is 6.07 Å². The van der Waals surface area contributed by atoms with Gasteiger partial charge in [0.25, 0.3) is 0 Å². The van der Waals surface area contributed by atoms with E-state index in [4.69, 9.17) is 21.6 Å². The Hall–Kier alpha value is -2.26. The van der Waals surface area contributed by atoms with Crippen LogP contribution < -0.4 is 4.90 Å². The highest BCUT2D eigenvalue weighted by Crippen LogP contribution is 2.33. The van der Waals surface area contributed by atoms with E-state index in [0.29, 0.717) is 0 Å². The van der Waals surface area contributed by atoms with Crippen molar-refractivity contribution in [1.82, 2.24) is 0 Å². The summed E-state index contributed by atoms with van der Waals surface area (Å²) in [5.41, 5.74) is -0.972. The molecule has 1 heterocycles. The zero-order valence-electron chi connectivity index (χ0n) is 9.88. The average molecular weight is 281 g/mol. The molecule has 0 spiro atoms. The molecule has 1 atom stereocenters. The number of amides is 1. The first-order chi connectivity index (χ1) is 8.90. The molecule has 7 heteroatoms. The summed E-state index contributed by atoms with van der Waals surface area (Å²) in [4.78, 5) is 24.0. The molecule has 0 bridgehead atoms. The van der Waals surface area contributed by atoms with Crippen LogP contribution in [0.15, 0.2) is 18.2 Å². The minimum Gasteiger partial charge on any atom is -0.479 e. The highest BCUT2D eigenvalue weighted by atomic mass is 35.5. The van der Waals surface area contributed by atoms with E-state index in [-0.39, 0.29) is 22.9 Å². The number of carbonyl (C=O) groups is 2. The molecule has 1 aliphatic heterocycles. The predicted octanol–water partition coefficient (Wildman–Crippen LogP) is 2.01. The van der Waals surface area contributed by atoms with Gasteiger partial charge in [0, 0.05) is 0 Å². The molecule has 0 unspecified atom stereocenters. The number of hydrogen-bond acceptors (Lipinski definition) is 4. The summed E-state index contributed by atoms with van der Waals surface area (Å²) in [6, 6.07) is 6.13. The molecule has 0 aromatic heterocycles. The standard InChI is InChI=1S/C12H9ClN2O4/c1-12(10(16)17)6-19-11(18)15(12)8-3-2-7(5-14)9(13)4-8/h2-4H,6H2,1H3,(H,16,17)/t12-/m1/s1. The Morgan fingerprint density at radius 2 is 2.32 bits per heavy atom. The number of halogens is 1. The second-order valence-corrected chi connectivity index (χ2v) is 4.65. The number of carbonyl (C=O) groups excluding carboxylic acids is 1. The molecule has 19 heavy (non-hydrogen) atoms. The van der Waals surface area contributed by atoms with Crippen LogP contribution in [0.25, 0.3) is 0 Å². The van der Waals surface area contributed by atoms with Crippen LogP contribution in [-0.4, -0.2) is 29.3 Å². The molecule has 0 saturated carbocycles. The van der Waals surface area contributed by atoms with Gasteiger partial charge in [0.2, 0.25) is 0 Å². The minimum absolute atomic E-state index is 0.146. The number of hydrogen-bond donors (Lipinski definition) is 1. The smallest absolute Gasteiger partial charge is 0.415 e. The van der Waals surface area contributed by atoms with Gasteiger partial charge in [-0.25, -0.2) is 9.59 Å². The monoisotopic (exact) mass is 280 g/mol. The number of carboxylic acid groups (broad SMARTS) is 1. The Morgan fingerprint density at radius 3 is 2.84 bits per heavy atom. The number of cyclic esters (lactones) is 1. The summed E-state index contributed by atoms with van der Waals surface area (Å²) >= 11 is 5.88. The summed E-state index contributed by atoms with van der Waals surface area (Å²) in [5, 5.41) is 18.2. The molecule has 1 fully saturated rings. The van der Waals surface area contributed by atoms with Crippen molar-refractivity contribution in [2.45, 2.75) is 12.5 Å². The lowest BCUT2D eigenvalue weighted by Gasteiger charge is -2.27. The molecular formula is C12H9ClN2O4. The van der Waals surface area contributed by atoms with E-state index in [2.05, 4.69) is 0 Å². The number of carboxylic acids is 1. The van der Waals surface area contributed by atoms with Crippen molar-refractivity contribution >= 4 is 29.4 Å². The quantitative estimate of drug-likeness (QED) is 0.895. The van der Waals surface area contributed by atoms with Gasteiger partial charge in [0.05, 0.1) is 16.3 Å². The van der Waals surface area contributed by atoms with Crippen molar-refractivity contribution < 1.29 is 19.4 Å². The van der Waals surface area contributed by atoms with Gasteiger partial charge in [0.1, 0.15) is 12.7 Å². The van der Waals surface area contributed by atoms with Crippen molar-refractivity contribution in [2.24, 2.45) is 0 Å². The first-order valence-electron chi connectivity index (χ1n) is 5.30. The Labute approximate surface area is 113 Å². The highest BCUT2D eigenvalue weighted by molar-refractivity contribution is 6.32. The van der Waals surface area contributed by atoms with Crippen molar-refractivity contribution in [1.29, 1.82) is 5.26 Å². The van der Waals surface area contributed by atoms with E-state index in [9.17, 15) is 14.7 Å². The molecule has 1 N–H and O–H groups in total. The summed E-state index contributed by atoms with van der Waals surface area (Å²) in [5.74, 6) is -1.18. The summed E-state index contributed by atoms with van der Waals surface area (Å²) < 4.78 is 4.79. The molecule has 98 valence electrons. The van der Waals surface area contributed by atoms with E-state index >= 15 is 0 Å². The lowest BCUT2D eigenvalue weighted by molar-refractivity contribution is -0.142. The average Bonchev–Trinajstić information content (AvgIpc) is 2.66. The predicted molar refractivity (Wildman–Crippen MR) is 66.0 cm³/mol. The van der Waals surface area contributed by atoms with E-state index in [0.717, 1.165) is 4.90 Å². The normalized spacial score (nSPS) is 21.9. The van der Waals surface area contributed by atoms with Crippen LogP contribution in [0.3, 0.4) is 0 Å². The van der Waals surface area contributed by atoms with Crippen LogP contribution in [0.2, 0.25) is 5.02 Å². The molecule has 6 nitrogen and oxygen atoms in total. The Balaban J connectivity index is 2.50. The van der Waals surface area contributed by atoms with Crippen LogP contribution in [0.1, 0.15) is 12.5 Å². The summed E-state index contributed by atoms with van der Waals surface area (Å²) in [6.45, 7) is 1.13. The number of anilines is 1. The van der Waals surface area contributed by atoms with Crippen molar-refractivity contribution in [3.05, 3.63) is 28.8 Å². The molecular weight excluding hydrogens is 272 g/mol. The number of nitriles is 1. The second kappa shape index (κ2) is 4.44. The third-order valence-corrected chi connectivity index (χ3v) is 3.26. The maximum Gasteiger partial charge on any atom is 0.415 e. The van der Waals surface area contributed by atoms with Crippen LogP contribution >= 0.6 is 11.6 Å². The number of benzene rings is 1. The van der Waals surface area contributed by atoms with E-state index < -0.39 is 17.6 Å². The third kappa shape index (κ3) is 1.98. The number of aliphatic carboxylic acids is 1. The zero-order valence-corrected chi connectivity index (χ0v) is 10.6. The topological polar surface area (TPSA) is 90.6 Å². The molecule has 1 aliphatic rings. The second-order valence-electron chi connectivity index (χ2n) is 4.24. The van der Waals surface area contributed by atoms with Gasteiger partial charge in [-0.2, -0.15) is 5.26 Å². The summed E-state index contributed by atoms with van der Waals surface area (Å²) in [7, 11) is 0. The van der Waals surface area contributed by atoms with E-state index in [1.165, 1.54) is 25.1 Å². The Bertz CT molecular complexity index is 610. The van der Waals surface area contributed by atoms with Crippen molar-refractivity contribution in [2.75, 3.05) is 11.5 Å². The van der Waals surface area contributed by atoms with Crippen LogP contribution in [0, 0.1) is 11.3 Å². The van der Waals surface area contributed by atoms with Gasteiger partial charge >= 0.3 is 12.1 Å². The first kappa shape index (κ1) is 13.2. The van der Waals surface area contributed by atoms with Crippen LogP contribution in [-0.2, 0) is 9.53 Å². The van der Waals surface area contributed by atoms with Crippen molar-refractivity contribution in [3.8, 4) is 6.07 Å². The van der Waals surface area contributed by atoms with Crippen LogP contribution in [0.5, 0.6) is 0 Å². The molecule has 0 aliphatic carbocycles. The lowest BCUT2D eigenvalue weighted by Crippen LogP contribution is -2.51. The summed E-state index contributed by atoms with van der Waals surface area (Å²) in [6.07, 6.45) is -0.759. The zero-order chi connectivity index (χ0) is 14.2. The Morgan fingerprint density at radius 1 is 1.63 bits per heavy atom. The third-order valence-electron chi connectivity index (χ3n) is 2.94. The lowest BCUT2D eigenvalue weighted by atomic mass is 10.0. The van der Waals surface area contributed by atoms with Crippen molar-refractivity contribution in [3.63, 3.8) is 0 Å². The van der Waals surface area contributed by atoms with Gasteiger partial charge in [-0.15, -0.1) is 0 Å². The fourth-order valence-electron chi connectivity index (χ4n) is 1.81. The molecule has 2 rings (SSSR count). The number of rotatable bonds is 2.